The molecule has 0 unspecified atom stereocenters. The SMILES string of the molecule is O=C(Nc1cc(-c2cccc(Br)c2)on1)[C@@H]1CCCN1C(=O)O. The van der Waals surface area contributed by atoms with E-state index in [2.05, 4.69) is 26.4 Å². The van der Waals surface area contributed by atoms with E-state index in [9.17, 15) is 9.59 Å². The molecule has 120 valence electrons. The number of rotatable bonds is 3. The van der Waals surface area contributed by atoms with Crippen molar-refractivity contribution < 1.29 is 19.2 Å². The van der Waals surface area contributed by atoms with Gasteiger partial charge in [-0.2, -0.15) is 0 Å². The van der Waals surface area contributed by atoms with Gasteiger partial charge in [-0.25, -0.2) is 4.79 Å². The van der Waals surface area contributed by atoms with Gasteiger partial charge in [0, 0.05) is 22.6 Å². The first-order chi connectivity index (χ1) is 11.0. The van der Waals surface area contributed by atoms with Crippen LogP contribution in [0.2, 0.25) is 0 Å². The minimum atomic E-state index is -1.09. The summed E-state index contributed by atoms with van der Waals surface area (Å²) in [4.78, 5) is 24.5. The lowest BCUT2D eigenvalue weighted by molar-refractivity contribution is -0.119. The van der Waals surface area contributed by atoms with Crippen LogP contribution in [0.5, 0.6) is 0 Å². The van der Waals surface area contributed by atoms with Crippen LogP contribution in [0.3, 0.4) is 0 Å². The third-order valence-electron chi connectivity index (χ3n) is 3.67. The van der Waals surface area contributed by atoms with Crippen LogP contribution < -0.4 is 5.32 Å². The van der Waals surface area contributed by atoms with Gasteiger partial charge in [-0.3, -0.25) is 9.69 Å². The third-order valence-corrected chi connectivity index (χ3v) is 4.16. The molecule has 7 nitrogen and oxygen atoms in total. The Kier molecular flexibility index (Phi) is 4.33. The number of carboxylic acid groups (broad SMARTS) is 1. The number of nitrogens with one attached hydrogen (secondary N) is 1. The van der Waals surface area contributed by atoms with E-state index < -0.39 is 12.1 Å². The second kappa shape index (κ2) is 6.41. The maximum atomic E-state index is 12.2. The molecule has 23 heavy (non-hydrogen) atoms. The van der Waals surface area contributed by atoms with E-state index in [4.69, 9.17) is 9.63 Å². The number of amides is 2. The van der Waals surface area contributed by atoms with Gasteiger partial charge in [0.05, 0.1) is 0 Å². The highest BCUT2D eigenvalue weighted by molar-refractivity contribution is 9.10. The molecule has 2 amide bonds. The Morgan fingerprint density at radius 2 is 2.22 bits per heavy atom. The Bertz CT molecular complexity index is 746. The summed E-state index contributed by atoms with van der Waals surface area (Å²) in [5.41, 5.74) is 0.820. The zero-order valence-corrected chi connectivity index (χ0v) is 13.6. The zero-order valence-electron chi connectivity index (χ0n) is 12.0. The molecule has 2 heterocycles. The lowest BCUT2D eigenvalue weighted by Gasteiger charge is -2.19. The van der Waals surface area contributed by atoms with Gasteiger partial charge in [0.1, 0.15) is 6.04 Å². The van der Waals surface area contributed by atoms with Crippen molar-refractivity contribution in [3.8, 4) is 11.3 Å². The van der Waals surface area contributed by atoms with Crippen molar-refractivity contribution in [2.45, 2.75) is 18.9 Å². The topological polar surface area (TPSA) is 95.7 Å². The quantitative estimate of drug-likeness (QED) is 0.853. The number of likely N-dealkylation sites (tertiary alicyclic amines) is 1. The molecule has 2 N–H and O–H groups in total. The normalized spacial score (nSPS) is 17.3. The summed E-state index contributed by atoms with van der Waals surface area (Å²) in [5, 5.41) is 15.5. The third kappa shape index (κ3) is 3.37. The van der Waals surface area contributed by atoms with Crippen molar-refractivity contribution >= 4 is 33.7 Å². The molecule has 0 aliphatic carbocycles. The van der Waals surface area contributed by atoms with Gasteiger partial charge >= 0.3 is 6.09 Å². The maximum Gasteiger partial charge on any atom is 0.407 e. The highest BCUT2D eigenvalue weighted by Gasteiger charge is 2.34. The second-order valence-corrected chi connectivity index (χ2v) is 6.13. The number of carbonyl (C=O) groups excluding carboxylic acids is 1. The van der Waals surface area contributed by atoms with Crippen LogP contribution in [0.4, 0.5) is 10.6 Å². The number of hydrogen-bond acceptors (Lipinski definition) is 4. The summed E-state index contributed by atoms with van der Waals surface area (Å²) in [6.07, 6.45) is 0.0960. The first kappa shape index (κ1) is 15.5. The summed E-state index contributed by atoms with van der Waals surface area (Å²) in [5.74, 6) is 0.393. The molecule has 3 rings (SSSR count). The first-order valence-electron chi connectivity index (χ1n) is 7.07. The molecular weight excluding hydrogens is 366 g/mol. The highest BCUT2D eigenvalue weighted by Crippen LogP contribution is 2.26. The maximum absolute atomic E-state index is 12.2. The van der Waals surface area contributed by atoms with E-state index in [-0.39, 0.29) is 11.7 Å². The summed E-state index contributed by atoms with van der Waals surface area (Å²) in [6.45, 7) is 0.371. The average Bonchev–Trinajstić information content (AvgIpc) is 3.16. The van der Waals surface area contributed by atoms with Crippen LogP contribution in [0, 0.1) is 0 Å². The molecule has 8 heteroatoms. The highest BCUT2D eigenvalue weighted by atomic mass is 79.9. The Morgan fingerprint density at radius 3 is 2.96 bits per heavy atom. The number of hydrogen-bond donors (Lipinski definition) is 2. The van der Waals surface area contributed by atoms with Crippen molar-refractivity contribution in [1.29, 1.82) is 0 Å². The van der Waals surface area contributed by atoms with Crippen LogP contribution in [0.1, 0.15) is 12.8 Å². The van der Waals surface area contributed by atoms with Gasteiger partial charge in [0.2, 0.25) is 5.91 Å². The van der Waals surface area contributed by atoms with E-state index in [1.807, 2.05) is 24.3 Å². The van der Waals surface area contributed by atoms with Gasteiger partial charge in [-0.15, -0.1) is 0 Å². The number of nitrogens with zero attached hydrogens (tertiary/aromatic N) is 2. The number of halogens is 1. The van der Waals surface area contributed by atoms with Crippen LogP contribution >= 0.6 is 15.9 Å². The van der Waals surface area contributed by atoms with Crippen molar-refractivity contribution in [3.05, 3.63) is 34.8 Å². The van der Waals surface area contributed by atoms with E-state index in [1.54, 1.807) is 6.07 Å². The summed E-state index contributed by atoms with van der Waals surface area (Å²) >= 11 is 3.38. The number of aromatic nitrogens is 1. The predicted molar refractivity (Wildman–Crippen MR) is 86.0 cm³/mol. The fourth-order valence-electron chi connectivity index (χ4n) is 2.59. The van der Waals surface area contributed by atoms with Gasteiger partial charge < -0.3 is 14.9 Å². The minimum Gasteiger partial charge on any atom is -0.465 e. The van der Waals surface area contributed by atoms with Crippen LogP contribution in [-0.4, -0.2) is 39.8 Å². The van der Waals surface area contributed by atoms with Crippen molar-refractivity contribution in [2.75, 3.05) is 11.9 Å². The molecule has 0 radical (unpaired) electrons. The second-order valence-electron chi connectivity index (χ2n) is 5.21. The van der Waals surface area contributed by atoms with Gasteiger partial charge in [0.25, 0.3) is 0 Å². The summed E-state index contributed by atoms with van der Waals surface area (Å²) in [7, 11) is 0. The zero-order chi connectivity index (χ0) is 16.4. The van der Waals surface area contributed by atoms with Gasteiger partial charge in [0.15, 0.2) is 11.6 Å². The van der Waals surface area contributed by atoms with Crippen molar-refractivity contribution in [2.24, 2.45) is 0 Å². The van der Waals surface area contributed by atoms with Crippen molar-refractivity contribution in [1.82, 2.24) is 10.1 Å². The number of benzene rings is 1. The van der Waals surface area contributed by atoms with E-state index in [0.29, 0.717) is 25.1 Å². The fourth-order valence-corrected chi connectivity index (χ4v) is 2.99. The molecular formula is C15H14BrN3O4. The van der Waals surface area contributed by atoms with Crippen LogP contribution in [0.25, 0.3) is 11.3 Å². The molecule has 2 aromatic rings. The Labute approximate surface area is 140 Å². The lowest BCUT2D eigenvalue weighted by Crippen LogP contribution is -2.42. The standard InChI is InChI=1S/C15H14BrN3O4/c16-10-4-1-3-9(7-10)12-8-13(18-23-12)17-14(20)11-5-2-6-19(11)15(21)22/h1,3-4,7-8,11H,2,5-6H2,(H,21,22)(H,17,18,20)/t11-/m0/s1. The predicted octanol–water partition coefficient (Wildman–Crippen LogP) is 3.19. The largest absolute Gasteiger partial charge is 0.465 e. The first-order valence-corrected chi connectivity index (χ1v) is 7.87. The monoisotopic (exact) mass is 379 g/mol. The molecule has 1 aliphatic heterocycles. The molecule has 1 fully saturated rings. The molecule has 1 aromatic carbocycles. The van der Waals surface area contributed by atoms with E-state index >= 15 is 0 Å². The van der Waals surface area contributed by atoms with E-state index in [0.717, 1.165) is 14.9 Å². The van der Waals surface area contributed by atoms with Crippen LogP contribution in [-0.2, 0) is 4.79 Å². The van der Waals surface area contributed by atoms with Crippen molar-refractivity contribution in [3.63, 3.8) is 0 Å². The molecule has 1 atom stereocenters. The Balaban J connectivity index is 1.72. The molecule has 0 spiro atoms. The molecule has 1 saturated heterocycles. The fraction of sp³-hybridized carbons (Fsp3) is 0.267. The number of carbonyl (C=O) groups is 2. The smallest absolute Gasteiger partial charge is 0.407 e. The number of anilines is 1. The molecule has 1 aromatic heterocycles. The summed E-state index contributed by atoms with van der Waals surface area (Å²) in [6, 6.07) is 8.42. The molecule has 0 bridgehead atoms. The molecule has 1 aliphatic rings. The van der Waals surface area contributed by atoms with Gasteiger partial charge in [-0.05, 0) is 25.0 Å². The Morgan fingerprint density at radius 1 is 1.39 bits per heavy atom. The Hall–Kier alpha value is -2.35. The molecule has 0 saturated carbocycles. The van der Waals surface area contributed by atoms with Gasteiger partial charge in [-0.1, -0.05) is 33.2 Å². The minimum absolute atomic E-state index is 0.266. The summed E-state index contributed by atoms with van der Waals surface area (Å²) < 4.78 is 6.13. The van der Waals surface area contributed by atoms with E-state index in [1.165, 1.54) is 0 Å². The average molecular weight is 380 g/mol. The van der Waals surface area contributed by atoms with Crippen LogP contribution in [0.15, 0.2) is 39.3 Å². The lowest BCUT2D eigenvalue weighted by atomic mass is 10.2.